The highest BCUT2D eigenvalue weighted by Crippen LogP contribution is 2.17. The molecule has 0 aliphatic carbocycles. The van der Waals surface area contributed by atoms with Gasteiger partial charge in [-0.1, -0.05) is 34.5 Å². The van der Waals surface area contributed by atoms with Crippen LogP contribution in [0.3, 0.4) is 0 Å². The van der Waals surface area contributed by atoms with Gasteiger partial charge in [0.15, 0.2) is 0 Å². The van der Waals surface area contributed by atoms with E-state index in [4.69, 9.17) is 4.74 Å². The van der Waals surface area contributed by atoms with Crippen molar-refractivity contribution in [2.24, 2.45) is 0 Å². The van der Waals surface area contributed by atoms with E-state index in [1.807, 2.05) is 24.3 Å². The van der Waals surface area contributed by atoms with Gasteiger partial charge in [-0.25, -0.2) is 9.78 Å². The molecule has 0 bridgehead atoms. The first-order chi connectivity index (χ1) is 13.1. The highest BCUT2D eigenvalue weighted by Gasteiger charge is 2.16. The molecule has 0 radical (unpaired) electrons. The molecule has 3 aromatic rings. The third-order valence-electron chi connectivity index (χ3n) is 4.84. The van der Waals surface area contributed by atoms with Gasteiger partial charge in [-0.2, -0.15) is 0 Å². The molecule has 2 heterocycles. The molecule has 0 saturated carbocycles. The Morgan fingerprint density at radius 3 is 2.74 bits per heavy atom. The van der Waals surface area contributed by atoms with Crippen molar-refractivity contribution >= 4 is 32.8 Å². The van der Waals surface area contributed by atoms with Gasteiger partial charge in [0.05, 0.1) is 16.5 Å². The Kier molecular flexibility index (Phi) is 5.07. The van der Waals surface area contributed by atoms with Gasteiger partial charge < -0.3 is 4.74 Å². The lowest BCUT2D eigenvalue weighted by atomic mass is 10.1. The first kappa shape index (κ1) is 17.9. The van der Waals surface area contributed by atoms with E-state index in [0.717, 1.165) is 41.5 Å². The molecule has 5 nitrogen and oxygen atoms in total. The minimum Gasteiger partial charge on any atom is -0.457 e. The number of fused-ring (bicyclic) bond motifs is 2. The molecule has 2 aromatic carbocycles. The standard InChI is InChI=1S/C21H19BrN2O3/c22-16-8-5-14(6-9-16)13-27-21(26)15-7-10-17-18(12-15)23-19-4-2-1-3-11-24(19)20(17)25/h5-10,12H,1-4,11,13H2. The Morgan fingerprint density at radius 1 is 1.11 bits per heavy atom. The van der Waals surface area contributed by atoms with E-state index in [2.05, 4.69) is 20.9 Å². The third-order valence-corrected chi connectivity index (χ3v) is 5.36. The average Bonchev–Trinajstić information content (AvgIpc) is 2.93. The van der Waals surface area contributed by atoms with E-state index in [-0.39, 0.29) is 12.2 Å². The normalized spacial score (nSPS) is 13.8. The summed E-state index contributed by atoms with van der Waals surface area (Å²) in [5.74, 6) is 0.391. The molecule has 0 N–H and O–H groups in total. The van der Waals surface area contributed by atoms with E-state index >= 15 is 0 Å². The maximum atomic E-state index is 12.7. The molecule has 1 aromatic heterocycles. The molecule has 0 atom stereocenters. The maximum Gasteiger partial charge on any atom is 0.338 e. The monoisotopic (exact) mass is 426 g/mol. The fourth-order valence-corrected chi connectivity index (χ4v) is 3.62. The topological polar surface area (TPSA) is 61.2 Å². The van der Waals surface area contributed by atoms with Gasteiger partial charge in [-0.05, 0) is 48.7 Å². The number of aromatic nitrogens is 2. The van der Waals surface area contributed by atoms with E-state index in [1.54, 1.807) is 22.8 Å². The van der Waals surface area contributed by atoms with Gasteiger partial charge in [0, 0.05) is 17.4 Å². The van der Waals surface area contributed by atoms with E-state index < -0.39 is 5.97 Å². The second-order valence-corrected chi connectivity index (χ2v) is 7.65. The largest absolute Gasteiger partial charge is 0.457 e. The van der Waals surface area contributed by atoms with E-state index in [1.165, 1.54) is 0 Å². The van der Waals surface area contributed by atoms with Crippen molar-refractivity contribution in [1.29, 1.82) is 0 Å². The minimum absolute atomic E-state index is 0.0216. The first-order valence-electron chi connectivity index (χ1n) is 9.07. The molecule has 0 amide bonds. The quantitative estimate of drug-likeness (QED) is 0.587. The Bertz CT molecular complexity index is 1060. The third kappa shape index (κ3) is 3.81. The van der Waals surface area contributed by atoms with Crippen molar-refractivity contribution in [3.63, 3.8) is 0 Å². The number of hydrogen-bond acceptors (Lipinski definition) is 4. The molecule has 1 aliphatic heterocycles. The molecule has 4 rings (SSSR count). The highest BCUT2D eigenvalue weighted by molar-refractivity contribution is 9.10. The van der Waals surface area contributed by atoms with Crippen LogP contribution in [-0.2, 0) is 24.3 Å². The lowest BCUT2D eigenvalue weighted by Crippen LogP contribution is -2.24. The molecule has 0 saturated heterocycles. The molecule has 0 spiro atoms. The first-order valence-corrected chi connectivity index (χ1v) is 9.86. The van der Waals surface area contributed by atoms with Crippen molar-refractivity contribution in [2.75, 3.05) is 0 Å². The average molecular weight is 427 g/mol. The maximum absolute atomic E-state index is 12.7. The van der Waals surface area contributed by atoms with Gasteiger partial charge in [-0.3, -0.25) is 9.36 Å². The number of nitrogens with zero attached hydrogens (tertiary/aromatic N) is 2. The fraction of sp³-hybridized carbons (Fsp3) is 0.286. The van der Waals surface area contributed by atoms with Crippen LogP contribution in [0.2, 0.25) is 0 Å². The Morgan fingerprint density at radius 2 is 1.93 bits per heavy atom. The molecule has 138 valence electrons. The fourth-order valence-electron chi connectivity index (χ4n) is 3.36. The zero-order valence-corrected chi connectivity index (χ0v) is 16.4. The number of carbonyl (C=O) groups is 1. The predicted octanol–water partition coefficient (Wildman–Crippen LogP) is 4.24. The smallest absolute Gasteiger partial charge is 0.338 e. The molecular formula is C21H19BrN2O3. The van der Waals surface area contributed by atoms with Crippen molar-refractivity contribution < 1.29 is 9.53 Å². The second-order valence-electron chi connectivity index (χ2n) is 6.73. The Balaban J connectivity index is 1.59. The van der Waals surface area contributed by atoms with E-state index in [0.29, 0.717) is 23.0 Å². The van der Waals surface area contributed by atoms with Crippen LogP contribution in [0.1, 0.15) is 41.0 Å². The number of ether oxygens (including phenoxy) is 1. The molecule has 0 unspecified atom stereocenters. The summed E-state index contributed by atoms with van der Waals surface area (Å²) in [6.07, 6.45) is 3.93. The highest BCUT2D eigenvalue weighted by atomic mass is 79.9. The number of benzene rings is 2. The van der Waals surface area contributed by atoms with Gasteiger partial charge >= 0.3 is 5.97 Å². The number of halogens is 1. The molecule has 27 heavy (non-hydrogen) atoms. The molecule has 0 fully saturated rings. The van der Waals surface area contributed by atoms with E-state index in [9.17, 15) is 9.59 Å². The lowest BCUT2D eigenvalue weighted by molar-refractivity contribution is 0.0473. The number of aryl methyl sites for hydroxylation is 1. The summed E-state index contributed by atoms with van der Waals surface area (Å²) in [4.78, 5) is 29.8. The molecular weight excluding hydrogens is 408 g/mol. The zero-order valence-electron chi connectivity index (χ0n) is 14.8. The predicted molar refractivity (Wildman–Crippen MR) is 107 cm³/mol. The summed E-state index contributed by atoms with van der Waals surface area (Å²) in [5.41, 5.74) is 1.86. The summed E-state index contributed by atoms with van der Waals surface area (Å²) in [6, 6.07) is 12.6. The lowest BCUT2D eigenvalue weighted by Gasteiger charge is -2.11. The van der Waals surface area contributed by atoms with Gasteiger partial charge in [0.1, 0.15) is 12.4 Å². The zero-order chi connectivity index (χ0) is 18.8. The van der Waals surface area contributed by atoms with Crippen LogP contribution in [-0.4, -0.2) is 15.5 Å². The van der Waals surface area contributed by atoms with Crippen molar-refractivity contribution in [1.82, 2.24) is 9.55 Å². The summed E-state index contributed by atoms with van der Waals surface area (Å²) < 4.78 is 8.15. The van der Waals surface area contributed by atoms with Crippen LogP contribution < -0.4 is 5.56 Å². The summed E-state index contributed by atoms with van der Waals surface area (Å²) in [6.45, 7) is 0.915. The van der Waals surface area contributed by atoms with Crippen LogP contribution in [0, 0.1) is 0 Å². The summed E-state index contributed by atoms with van der Waals surface area (Å²) in [7, 11) is 0. The van der Waals surface area contributed by atoms with Crippen LogP contribution in [0.4, 0.5) is 0 Å². The number of carbonyl (C=O) groups excluding carboxylic acids is 1. The number of rotatable bonds is 3. The summed E-state index contributed by atoms with van der Waals surface area (Å²) >= 11 is 3.38. The minimum atomic E-state index is -0.420. The van der Waals surface area contributed by atoms with Crippen LogP contribution >= 0.6 is 15.9 Å². The van der Waals surface area contributed by atoms with Crippen molar-refractivity contribution in [2.45, 2.75) is 38.8 Å². The van der Waals surface area contributed by atoms with Gasteiger partial charge in [0.2, 0.25) is 0 Å². The van der Waals surface area contributed by atoms with Crippen LogP contribution in [0.25, 0.3) is 10.9 Å². The number of esters is 1. The Labute approximate surface area is 165 Å². The summed E-state index contributed by atoms with van der Waals surface area (Å²) in [5, 5.41) is 0.546. The molecule has 1 aliphatic rings. The van der Waals surface area contributed by atoms with Crippen molar-refractivity contribution in [3.8, 4) is 0 Å². The van der Waals surface area contributed by atoms with Crippen molar-refractivity contribution in [3.05, 3.63) is 74.2 Å². The van der Waals surface area contributed by atoms with Crippen LogP contribution in [0.15, 0.2) is 51.7 Å². The van der Waals surface area contributed by atoms with Gasteiger partial charge in [0.25, 0.3) is 5.56 Å². The van der Waals surface area contributed by atoms with Crippen LogP contribution in [0.5, 0.6) is 0 Å². The SMILES string of the molecule is O=C(OCc1ccc(Br)cc1)c1ccc2c(=O)n3c(nc2c1)CCCCC3. The molecule has 6 heteroatoms. The Hall–Kier alpha value is -2.47. The number of hydrogen-bond donors (Lipinski definition) is 0. The second kappa shape index (κ2) is 7.64. The van der Waals surface area contributed by atoms with Gasteiger partial charge in [-0.15, -0.1) is 0 Å².